The van der Waals surface area contributed by atoms with Crippen molar-refractivity contribution < 1.29 is 0 Å². The second-order valence-electron chi connectivity index (χ2n) is 5.28. The maximum atomic E-state index is 3.76. The van der Waals surface area contributed by atoms with Gasteiger partial charge in [-0.15, -0.1) is 0 Å². The van der Waals surface area contributed by atoms with E-state index in [0.29, 0.717) is 12.1 Å². The highest BCUT2D eigenvalue weighted by atomic mass is 79.9. The molecule has 4 atom stereocenters. The molecule has 1 aromatic carbocycles. The standard InChI is InChI=1S/C15H18BrN/c1-10(11-5-7-13(16)8-6-11)17-15-9-12-3-2-4-14(12)15/h2,4-8,10,12,14-15,17H,3,9H2,1H3/t10-,12?,14?,15?/m0/s1. The molecule has 1 fully saturated rings. The van der Waals surface area contributed by atoms with Crippen molar-refractivity contribution in [2.75, 3.05) is 0 Å². The molecule has 3 rings (SSSR count). The second kappa shape index (κ2) is 4.58. The Morgan fingerprint density at radius 2 is 2.06 bits per heavy atom. The van der Waals surface area contributed by atoms with Gasteiger partial charge in [-0.1, -0.05) is 40.2 Å². The van der Waals surface area contributed by atoms with Gasteiger partial charge in [0.25, 0.3) is 0 Å². The Morgan fingerprint density at radius 1 is 1.29 bits per heavy atom. The topological polar surface area (TPSA) is 12.0 Å². The van der Waals surface area contributed by atoms with Crippen LogP contribution in [0.2, 0.25) is 0 Å². The minimum absolute atomic E-state index is 0.447. The molecule has 1 N–H and O–H groups in total. The Kier molecular flexibility index (Phi) is 3.10. The molecule has 0 amide bonds. The number of halogens is 1. The third kappa shape index (κ3) is 2.21. The van der Waals surface area contributed by atoms with Crippen LogP contribution in [0.1, 0.15) is 31.4 Å². The first-order chi connectivity index (χ1) is 8.24. The molecule has 1 aromatic rings. The van der Waals surface area contributed by atoms with E-state index < -0.39 is 0 Å². The molecule has 2 aliphatic rings. The van der Waals surface area contributed by atoms with Gasteiger partial charge in [-0.2, -0.15) is 0 Å². The normalized spacial score (nSPS) is 32.0. The average molecular weight is 292 g/mol. The Labute approximate surface area is 111 Å². The maximum absolute atomic E-state index is 3.76. The highest BCUT2D eigenvalue weighted by Crippen LogP contribution is 2.43. The zero-order valence-corrected chi connectivity index (χ0v) is 11.7. The summed E-state index contributed by atoms with van der Waals surface area (Å²) in [6.07, 6.45) is 7.40. The molecule has 1 nitrogen and oxygen atoms in total. The van der Waals surface area contributed by atoms with E-state index >= 15 is 0 Å². The summed E-state index contributed by atoms with van der Waals surface area (Å²) in [7, 11) is 0. The fraction of sp³-hybridized carbons (Fsp3) is 0.467. The van der Waals surface area contributed by atoms with Crippen LogP contribution in [-0.2, 0) is 0 Å². The molecule has 0 bridgehead atoms. The van der Waals surface area contributed by atoms with Crippen LogP contribution in [0, 0.1) is 11.8 Å². The van der Waals surface area contributed by atoms with Crippen LogP contribution >= 0.6 is 15.9 Å². The SMILES string of the molecule is C[C@H](NC1CC2CC=CC21)c1ccc(Br)cc1. The highest BCUT2D eigenvalue weighted by molar-refractivity contribution is 9.10. The molecule has 1 saturated carbocycles. The van der Waals surface area contributed by atoms with Crippen molar-refractivity contribution in [1.82, 2.24) is 5.32 Å². The second-order valence-corrected chi connectivity index (χ2v) is 6.20. The predicted octanol–water partition coefficient (Wildman–Crippen LogP) is 4.06. The molecule has 0 aromatic heterocycles. The van der Waals surface area contributed by atoms with Gasteiger partial charge in [0, 0.05) is 16.6 Å². The summed E-state index contributed by atoms with van der Waals surface area (Å²) < 4.78 is 1.15. The lowest BCUT2D eigenvalue weighted by atomic mass is 9.71. The first-order valence-electron chi connectivity index (χ1n) is 6.42. The van der Waals surface area contributed by atoms with E-state index in [1.54, 1.807) is 0 Å². The molecular weight excluding hydrogens is 274 g/mol. The fourth-order valence-electron chi connectivity index (χ4n) is 3.08. The smallest absolute Gasteiger partial charge is 0.0294 e. The van der Waals surface area contributed by atoms with Gasteiger partial charge in [0.05, 0.1) is 0 Å². The summed E-state index contributed by atoms with van der Waals surface area (Å²) >= 11 is 3.48. The van der Waals surface area contributed by atoms with Crippen LogP contribution in [0.25, 0.3) is 0 Å². The Hall–Kier alpha value is -0.600. The summed E-state index contributed by atoms with van der Waals surface area (Å²) in [6, 6.07) is 9.77. The number of fused-ring (bicyclic) bond motifs is 1. The number of nitrogens with one attached hydrogen (secondary N) is 1. The Balaban J connectivity index is 1.62. The van der Waals surface area contributed by atoms with Crippen molar-refractivity contribution in [3.05, 3.63) is 46.5 Å². The number of rotatable bonds is 3. The summed E-state index contributed by atoms with van der Waals surface area (Å²) in [5.74, 6) is 1.73. The Bertz CT molecular complexity index is 423. The summed E-state index contributed by atoms with van der Waals surface area (Å²) in [5.41, 5.74) is 1.37. The van der Waals surface area contributed by atoms with E-state index in [1.165, 1.54) is 18.4 Å². The van der Waals surface area contributed by atoms with Crippen molar-refractivity contribution in [2.24, 2.45) is 11.8 Å². The van der Waals surface area contributed by atoms with Crippen LogP contribution in [0.4, 0.5) is 0 Å². The number of hydrogen-bond acceptors (Lipinski definition) is 1. The summed E-state index contributed by atoms with van der Waals surface area (Å²) in [4.78, 5) is 0. The van der Waals surface area contributed by atoms with E-state index in [-0.39, 0.29) is 0 Å². The molecule has 0 radical (unpaired) electrons. The third-order valence-corrected chi connectivity index (χ3v) is 4.73. The lowest BCUT2D eigenvalue weighted by Gasteiger charge is -2.42. The van der Waals surface area contributed by atoms with Crippen molar-refractivity contribution in [3.8, 4) is 0 Å². The van der Waals surface area contributed by atoms with Crippen molar-refractivity contribution in [3.63, 3.8) is 0 Å². The van der Waals surface area contributed by atoms with Gasteiger partial charge in [0.15, 0.2) is 0 Å². The van der Waals surface area contributed by atoms with Crippen molar-refractivity contribution >= 4 is 15.9 Å². The van der Waals surface area contributed by atoms with E-state index in [1.807, 2.05) is 0 Å². The lowest BCUT2D eigenvalue weighted by Crippen LogP contribution is -2.48. The average Bonchev–Trinajstić information content (AvgIpc) is 2.68. The molecule has 2 heteroatoms. The van der Waals surface area contributed by atoms with Gasteiger partial charge in [-0.25, -0.2) is 0 Å². The zero-order valence-electron chi connectivity index (χ0n) is 10.1. The molecule has 0 saturated heterocycles. The summed E-state index contributed by atoms with van der Waals surface area (Å²) in [5, 5.41) is 3.76. The minimum atomic E-state index is 0.447. The monoisotopic (exact) mass is 291 g/mol. The molecule has 0 heterocycles. The van der Waals surface area contributed by atoms with E-state index in [0.717, 1.165) is 16.3 Å². The van der Waals surface area contributed by atoms with Crippen LogP contribution in [0.3, 0.4) is 0 Å². The van der Waals surface area contributed by atoms with Crippen molar-refractivity contribution in [1.29, 1.82) is 0 Å². The highest BCUT2D eigenvalue weighted by Gasteiger charge is 2.41. The van der Waals surface area contributed by atoms with Crippen LogP contribution in [-0.4, -0.2) is 6.04 Å². The molecule has 3 unspecified atom stereocenters. The van der Waals surface area contributed by atoms with Gasteiger partial charge >= 0.3 is 0 Å². The van der Waals surface area contributed by atoms with Crippen molar-refractivity contribution in [2.45, 2.75) is 31.8 Å². The maximum Gasteiger partial charge on any atom is 0.0294 e. The van der Waals surface area contributed by atoms with Crippen LogP contribution in [0.15, 0.2) is 40.9 Å². The van der Waals surface area contributed by atoms with Gasteiger partial charge < -0.3 is 5.32 Å². The van der Waals surface area contributed by atoms with E-state index in [2.05, 4.69) is 64.6 Å². The Morgan fingerprint density at radius 3 is 2.76 bits per heavy atom. The first kappa shape index (κ1) is 11.5. The molecule has 0 aliphatic heterocycles. The molecule has 17 heavy (non-hydrogen) atoms. The molecule has 0 spiro atoms. The first-order valence-corrected chi connectivity index (χ1v) is 7.21. The van der Waals surface area contributed by atoms with E-state index in [9.17, 15) is 0 Å². The minimum Gasteiger partial charge on any atom is -0.307 e. The quantitative estimate of drug-likeness (QED) is 0.828. The lowest BCUT2D eigenvalue weighted by molar-refractivity contribution is 0.152. The molecule has 90 valence electrons. The van der Waals surface area contributed by atoms with Crippen LogP contribution < -0.4 is 5.32 Å². The zero-order chi connectivity index (χ0) is 11.8. The van der Waals surface area contributed by atoms with Gasteiger partial charge in [-0.05, 0) is 49.3 Å². The third-order valence-electron chi connectivity index (χ3n) is 4.20. The molecular formula is C15H18BrN. The number of benzene rings is 1. The van der Waals surface area contributed by atoms with Gasteiger partial charge in [0.2, 0.25) is 0 Å². The number of hydrogen-bond donors (Lipinski definition) is 1. The van der Waals surface area contributed by atoms with E-state index in [4.69, 9.17) is 0 Å². The number of allylic oxidation sites excluding steroid dienone is 1. The predicted molar refractivity (Wildman–Crippen MR) is 74.8 cm³/mol. The largest absolute Gasteiger partial charge is 0.307 e. The fourth-order valence-corrected chi connectivity index (χ4v) is 3.34. The van der Waals surface area contributed by atoms with Gasteiger partial charge in [0.1, 0.15) is 0 Å². The van der Waals surface area contributed by atoms with Gasteiger partial charge in [-0.3, -0.25) is 0 Å². The van der Waals surface area contributed by atoms with Crippen LogP contribution in [0.5, 0.6) is 0 Å². The molecule has 2 aliphatic carbocycles. The summed E-state index contributed by atoms with van der Waals surface area (Å²) in [6.45, 7) is 2.26.